The average Bonchev–Trinajstić information content (AvgIpc) is 3.01. The number of rotatable bonds is 6. The van der Waals surface area contributed by atoms with Gasteiger partial charge in [0.2, 0.25) is 0 Å². The number of benzene rings is 1. The van der Waals surface area contributed by atoms with Crippen molar-refractivity contribution in [3.8, 4) is 11.5 Å². The van der Waals surface area contributed by atoms with Gasteiger partial charge in [-0.05, 0) is 56.5 Å². The Morgan fingerprint density at radius 1 is 1.43 bits per heavy atom. The minimum absolute atomic E-state index is 0.00930. The SMILES string of the molecule is CC(C)C(=O)Oc1ccc2c3c1O[C@H](C(=O)CCSO)[C@@]31CCN(C)[C@@H](C2)C1. The van der Waals surface area contributed by atoms with Gasteiger partial charge in [-0.3, -0.25) is 9.59 Å². The van der Waals surface area contributed by atoms with Crippen LogP contribution in [0.1, 0.15) is 44.2 Å². The van der Waals surface area contributed by atoms with Crippen molar-refractivity contribution in [3.63, 3.8) is 0 Å². The highest BCUT2D eigenvalue weighted by Gasteiger charge is 2.58. The fourth-order valence-corrected chi connectivity index (χ4v) is 5.23. The van der Waals surface area contributed by atoms with Crippen LogP contribution in [0.2, 0.25) is 0 Å². The molecule has 1 aromatic rings. The third-order valence-electron chi connectivity index (χ3n) is 6.45. The van der Waals surface area contributed by atoms with E-state index in [1.54, 1.807) is 19.9 Å². The van der Waals surface area contributed by atoms with E-state index >= 15 is 0 Å². The van der Waals surface area contributed by atoms with E-state index in [-0.39, 0.29) is 29.5 Å². The number of ketones is 1. The zero-order valence-electron chi connectivity index (χ0n) is 16.6. The normalized spacial score (nSPS) is 28.0. The second-order valence-electron chi connectivity index (χ2n) is 8.50. The molecule has 4 rings (SSSR count). The van der Waals surface area contributed by atoms with Gasteiger partial charge in [0.25, 0.3) is 0 Å². The Labute approximate surface area is 169 Å². The van der Waals surface area contributed by atoms with Crippen LogP contribution >= 0.6 is 12.0 Å². The number of nitrogens with zero attached hydrogens (tertiary/aromatic N) is 1. The van der Waals surface area contributed by atoms with E-state index in [9.17, 15) is 9.59 Å². The summed E-state index contributed by atoms with van der Waals surface area (Å²) >= 11 is 0.681. The van der Waals surface area contributed by atoms with Crippen molar-refractivity contribution in [2.24, 2.45) is 5.92 Å². The zero-order chi connectivity index (χ0) is 20.1. The van der Waals surface area contributed by atoms with Crippen LogP contribution in [0.25, 0.3) is 0 Å². The Morgan fingerprint density at radius 3 is 2.93 bits per heavy atom. The van der Waals surface area contributed by atoms with E-state index in [0.29, 0.717) is 35.3 Å². The zero-order valence-corrected chi connectivity index (χ0v) is 17.4. The maximum atomic E-state index is 13.0. The summed E-state index contributed by atoms with van der Waals surface area (Å²) in [6, 6.07) is 4.21. The predicted molar refractivity (Wildman–Crippen MR) is 107 cm³/mol. The van der Waals surface area contributed by atoms with Crippen LogP contribution in [0.5, 0.6) is 11.5 Å². The minimum Gasteiger partial charge on any atom is -0.477 e. The lowest BCUT2D eigenvalue weighted by atomic mass is 9.61. The first-order valence-corrected chi connectivity index (χ1v) is 10.9. The molecule has 1 saturated heterocycles. The highest BCUT2D eigenvalue weighted by atomic mass is 32.2. The van der Waals surface area contributed by atoms with Gasteiger partial charge in [-0.1, -0.05) is 19.9 Å². The molecule has 28 heavy (non-hydrogen) atoms. The van der Waals surface area contributed by atoms with Gasteiger partial charge in [-0.25, -0.2) is 0 Å². The van der Waals surface area contributed by atoms with E-state index in [1.165, 1.54) is 5.56 Å². The number of ether oxygens (including phenoxy) is 2. The summed E-state index contributed by atoms with van der Waals surface area (Å²) in [5, 5.41) is 0. The summed E-state index contributed by atoms with van der Waals surface area (Å²) < 4.78 is 21.0. The van der Waals surface area contributed by atoms with Gasteiger partial charge in [-0.15, -0.1) is 0 Å². The molecule has 0 amide bonds. The van der Waals surface area contributed by atoms with E-state index < -0.39 is 6.10 Å². The van der Waals surface area contributed by atoms with Crippen LogP contribution in [0, 0.1) is 5.92 Å². The molecular weight excluding hydrogens is 378 g/mol. The molecule has 1 aromatic carbocycles. The van der Waals surface area contributed by atoms with Gasteiger partial charge in [0.1, 0.15) is 0 Å². The summed E-state index contributed by atoms with van der Waals surface area (Å²) in [6.45, 7) is 4.49. The third kappa shape index (κ3) is 3.04. The van der Waals surface area contributed by atoms with E-state index in [0.717, 1.165) is 31.4 Å². The van der Waals surface area contributed by atoms with Gasteiger partial charge in [0, 0.05) is 29.2 Å². The van der Waals surface area contributed by atoms with Gasteiger partial charge in [0.15, 0.2) is 23.4 Å². The molecule has 0 radical (unpaired) electrons. The predicted octanol–water partition coefficient (Wildman–Crippen LogP) is 3.06. The van der Waals surface area contributed by atoms with E-state index in [1.807, 2.05) is 6.07 Å². The van der Waals surface area contributed by atoms with Crippen LogP contribution in [-0.2, 0) is 21.4 Å². The molecule has 0 unspecified atom stereocenters. The Balaban J connectivity index is 1.78. The summed E-state index contributed by atoms with van der Waals surface area (Å²) in [5.74, 6) is 0.805. The maximum absolute atomic E-state index is 13.0. The first-order valence-electron chi connectivity index (χ1n) is 9.91. The van der Waals surface area contributed by atoms with Crippen molar-refractivity contribution >= 4 is 23.8 Å². The van der Waals surface area contributed by atoms with E-state index in [4.69, 9.17) is 14.0 Å². The van der Waals surface area contributed by atoms with E-state index in [2.05, 4.69) is 11.9 Å². The second-order valence-corrected chi connectivity index (χ2v) is 9.17. The largest absolute Gasteiger partial charge is 0.477 e. The number of carbonyl (C=O) groups is 2. The topological polar surface area (TPSA) is 76.1 Å². The Bertz CT molecular complexity index is 810. The van der Waals surface area contributed by atoms with Crippen LogP contribution in [0.15, 0.2) is 12.1 Å². The van der Waals surface area contributed by atoms with Gasteiger partial charge < -0.3 is 18.9 Å². The summed E-state index contributed by atoms with van der Waals surface area (Å²) in [5.41, 5.74) is 1.90. The molecule has 2 heterocycles. The number of piperidine rings is 1. The summed E-state index contributed by atoms with van der Waals surface area (Å²) in [4.78, 5) is 27.6. The third-order valence-corrected chi connectivity index (χ3v) is 6.83. The van der Waals surface area contributed by atoms with Crippen LogP contribution in [0.3, 0.4) is 0 Å². The molecule has 7 heteroatoms. The van der Waals surface area contributed by atoms with Gasteiger partial charge in [-0.2, -0.15) is 0 Å². The number of hydrogen-bond donors (Lipinski definition) is 1. The quantitative estimate of drug-likeness (QED) is 0.443. The van der Waals surface area contributed by atoms with Crippen LogP contribution in [-0.4, -0.2) is 52.7 Å². The molecule has 3 aliphatic rings. The van der Waals surface area contributed by atoms with Crippen LogP contribution < -0.4 is 9.47 Å². The molecule has 0 saturated carbocycles. The molecule has 2 bridgehead atoms. The van der Waals surface area contributed by atoms with Crippen molar-refractivity contribution < 1.29 is 23.6 Å². The lowest BCUT2D eigenvalue weighted by Gasteiger charge is -2.49. The second kappa shape index (κ2) is 7.35. The summed E-state index contributed by atoms with van der Waals surface area (Å²) in [7, 11) is 2.14. The lowest BCUT2D eigenvalue weighted by Crippen LogP contribution is -2.57. The number of carbonyl (C=O) groups excluding carboxylic acids is 2. The number of likely N-dealkylation sites (N-methyl/N-ethyl adjacent to an activating group) is 1. The molecule has 1 aliphatic carbocycles. The molecule has 6 nitrogen and oxygen atoms in total. The Kier molecular flexibility index (Phi) is 5.18. The van der Waals surface area contributed by atoms with Crippen molar-refractivity contribution in [2.45, 2.75) is 57.1 Å². The number of fused-ring (bicyclic) bond motifs is 1. The highest BCUT2D eigenvalue weighted by Crippen LogP contribution is 2.58. The number of hydrogen-bond acceptors (Lipinski definition) is 7. The Morgan fingerprint density at radius 2 is 2.21 bits per heavy atom. The molecule has 1 fully saturated rings. The molecule has 1 N–H and O–H groups in total. The molecule has 0 aromatic heterocycles. The van der Waals surface area contributed by atoms with Crippen LogP contribution in [0.4, 0.5) is 0 Å². The molecule has 3 atom stereocenters. The first-order chi connectivity index (χ1) is 13.4. The van der Waals surface area contributed by atoms with Gasteiger partial charge in [0.05, 0.1) is 5.92 Å². The summed E-state index contributed by atoms with van der Waals surface area (Å²) in [6.07, 6.45) is 2.30. The van der Waals surface area contributed by atoms with Gasteiger partial charge >= 0.3 is 5.97 Å². The van der Waals surface area contributed by atoms with Crippen molar-refractivity contribution in [3.05, 3.63) is 23.3 Å². The maximum Gasteiger partial charge on any atom is 0.313 e. The monoisotopic (exact) mass is 405 g/mol. The molecule has 2 aliphatic heterocycles. The first kappa shape index (κ1) is 19.7. The standard InChI is InChI=1S/C21H27NO5S/c1-12(2)20(24)26-16-5-4-13-10-14-11-21(7-8-22(14)3)17(13)18(16)27-19(21)15(23)6-9-28-25/h4-5,12,14,19,25H,6-11H2,1-3H3/t14-,19+,21+/m0/s1. The highest BCUT2D eigenvalue weighted by molar-refractivity contribution is 7.93. The Hall–Kier alpha value is -1.57. The van der Waals surface area contributed by atoms with Crippen molar-refractivity contribution in [2.75, 3.05) is 19.3 Å². The minimum atomic E-state index is -0.580. The molecule has 152 valence electrons. The number of Topliss-reactive ketones (excluding diaryl/α,β-unsaturated/α-hetero) is 1. The fraction of sp³-hybridized carbons (Fsp3) is 0.619. The van der Waals surface area contributed by atoms with Crippen molar-refractivity contribution in [1.82, 2.24) is 4.90 Å². The molecule has 1 spiro atoms. The fourth-order valence-electron chi connectivity index (χ4n) is 4.94. The number of likely N-dealkylation sites (tertiary alicyclic amines) is 1. The van der Waals surface area contributed by atoms with Crippen molar-refractivity contribution in [1.29, 1.82) is 0 Å². The molecular formula is C21H27NO5S. The average molecular weight is 406 g/mol. The lowest BCUT2D eigenvalue weighted by molar-refractivity contribution is -0.137. The number of esters is 1. The smallest absolute Gasteiger partial charge is 0.313 e.